The minimum Gasteiger partial charge on any atom is -0.383 e. The second-order valence-corrected chi connectivity index (χ2v) is 6.97. The molecule has 2 aliphatic heterocycles. The van der Waals surface area contributed by atoms with E-state index in [1.54, 1.807) is 0 Å². The maximum Gasteiger partial charge on any atom is 0.251 e. The molecular weight excluding hydrogens is 298 g/mol. The van der Waals surface area contributed by atoms with Crippen molar-refractivity contribution in [3.8, 4) is 0 Å². The molecule has 0 aromatic carbocycles. The number of likely N-dealkylation sites (tertiary alicyclic amines) is 1. The molecule has 0 radical (unpaired) electrons. The highest BCUT2D eigenvalue weighted by atomic mass is 16.5. The number of hydrogen-bond acceptors (Lipinski definition) is 5. The average Bonchev–Trinajstić information content (AvgIpc) is 2.64. The smallest absolute Gasteiger partial charge is 0.251 e. The minimum absolute atomic E-state index is 0.0200. The first kappa shape index (κ1) is 18.2. The average molecular weight is 327 g/mol. The zero-order valence-corrected chi connectivity index (χ0v) is 14.2. The van der Waals surface area contributed by atoms with Crippen molar-refractivity contribution in [3.63, 3.8) is 0 Å². The van der Waals surface area contributed by atoms with Crippen LogP contribution < -0.4 is 5.32 Å². The molecule has 23 heavy (non-hydrogen) atoms. The van der Waals surface area contributed by atoms with Crippen LogP contribution >= 0.6 is 0 Å². The molecule has 2 aliphatic rings. The number of rotatable bonds is 5. The third-order valence-corrected chi connectivity index (χ3v) is 4.61. The van der Waals surface area contributed by atoms with Crippen molar-refractivity contribution in [3.05, 3.63) is 0 Å². The Morgan fingerprint density at radius 1 is 1.39 bits per heavy atom. The molecule has 0 aromatic rings. The summed E-state index contributed by atoms with van der Waals surface area (Å²) in [7, 11) is 0. The summed E-state index contributed by atoms with van der Waals surface area (Å²) >= 11 is 0. The maximum absolute atomic E-state index is 12.0. The number of aliphatic hydroxyl groups excluding tert-OH is 1. The van der Waals surface area contributed by atoms with E-state index in [1.165, 1.54) is 4.90 Å². The molecule has 1 atom stereocenters. The number of morpholine rings is 1. The van der Waals surface area contributed by atoms with E-state index in [2.05, 4.69) is 24.1 Å². The second kappa shape index (κ2) is 8.08. The molecule has 0 bridgehead atoms. The summed E-state index contributed by atoms with van der Waals surface area (Å²) < 4.78 is 5.48. The minimum atomic E-state index is -0.959. The van der Waals surface area contributed by atoms with Crippen LogP contribution in [0.1, 0.15) is 33.1 Å². The van der Waals surface area contributed by atoms with Gasteiger partial charge in [-0.2, -0.15) is 0 Å². The first-order valence-corrected chi connectivity index (χ1v) is 8.46. The normalized spacial score (nSPS) is 26.0. The highest BCUT2D eigenvalue weighted by Gasteiger charge is 2.30. The number of nitrogens with zero attached hydrogens (tertiary/aromatic N) is 2. The Balaban J connectivity index is 1.73. The van der Waals surface area contributed by atoms with E-state index in [1.807, 2.05) is 0 Å². The number of nitrogens with one attached hydrogen (secondary N) is 1. The fourth-order valence-corrected chi connectivity index (χ4v) is 3.11. The number of amides is 2. The van der Waals surface area contributed by atoms with Gasteiger partial charge in [-0.3, -0.25) is 14.5 Å². The molecule has 2 fully saturated rings. The number of ether oxygens (including phenoxy) is 1. The third-order valence-electron chi connectivity index (χ3n) is 4.61. The first-order chi connectivity index (χ1) is 10.9. The Kier molecular flexibility index (Phi) is 6.38. The Hall–Kier alpha value is -1.18. The van der Waals surface area contributed by atoms with Crippen LogP contribution in [0.25, 0.3) is 0 Å². The summed E-state index contributed by atoms with van der Waals surface area (Å²) in [5.74, 6) is -0.495. The molecule has 0 spiro atoms. The molecule has 1 unspecified atom stereocenters. The van der Waals surface area contributed by atoms with Gasteiger partial charge in [0.25, 0.3) is 5.91 Å². The SMILES string of the molecule is CC1(C)COCCN1CCNC(=O)CN1CCCCC(O)C1=O. The predicted octanol–water partition coefficient (Wildman–Crippen LogP) is -0.413. The largest absolute Gasteiger partial charge is 0.383 e. The summed E-state index contributed by atoms with van der Waals surface area (Å²) in [5.41, 5.74) is -0.0200. The lowest BCUT2D eigenvalue weighted by Gasteiger charge is -2.42. The van der Waals surface area contributed by atoms with Crippen molar-refractivity contribution in [1.82, 2.24) is 15.1 Å². The first-order valence-electron chi connectivity index (χ1n) is 8.46. The molecule has 0 aromatic heterocycles. The Bertz CT molecular complexity index is 428. The zero-order chi connectivity index (χ0) is 16.9. The Morgan fingerprint density at radius 3 is 2.91 bits per heavy atom. The van der Waals surface area contributed by atoms with Crippen molar-refractivity contribution < 1.29 is 19.4 Å². The number of aliphatic hydroxyl groups is 1. The van der Waals surface area contributed by atoms with E-state index in [0.717, 1.165) is 32.5 Å². The van der Waals surface area contributed by atoms with Gasteiger partial charge in [0, 0.05) is 31.7 Å². The van der Waals surface area contributed by atoms with Gasteiger partial charge in [0.1, 0.15) is 6.10 Å². The standard InChI is InChI=1S/C16H29N3O4/c1-16(2)12-23-10-9-19(16)8-6-17-14(21)11-18-7-4-3-5-13(20)15(18)22/h13,20H,3-12H2,1-2H3,(H,17,21). The van der Waals surface area contributed by atoms with Gasteiger partial charge in [0.15, 0.2) is 0 Å². The molecule has 132 valence electrons. The van der Waals surface area contributed by atoms with Gasteiger partial charge in [0.2, 0.25) is 5.91 Å². The molecule has 0 saturated carbocycles. The topological polar surface area (TPSA) is 82.1 Å². The van der Waals surface area contributed by atoms with Crippen LogP contribution in [0.15, 0.2) is 0 Å². The maximum atomic E-state index is 12.0. The monoisotopic (exact) mass is 327 g/mol. The van der Waals surface area contributed by atoms with E-state index in [4.69, 9.17) is 4.74 Å². The zero-order valence-electron chi connectivity index (χ0n) is 14.2. The van der Waals surface area contributed by atoms with Gasteiger partial charge < -0.3 is 20.1 Å². The molecular formula is C16H29N3O4. The van der Waals surface area contributed by atoms with Crippen LogP contribution in [0.3, 0.4) is 0 Å². The third kappa shape index (κ3) is 5.16. The highest BCUT2D eigenvalue weighted by molar-refractivity contribution is 5.87. The van der Waals surface area contributed by atoms with Crippen molar-refractivity contribution in [2.24, 2.45) is 0 Å². The second-order valence-electron chi connectivity index (χ2n) is 6.97. The molecule has 7 heteroatoms. The van der Waals surface area contributed by atoms with Crippen LogP contribution in [0.5, 0.6) is 0 Å². The molecule has 2 rings (SSSR count). The van der Waals surface area contributed by atoms with Gasteiger partial charge >= 0.3 is 0 Å². The van der Waals surface area contributed by atoms with Crippen LogP contribution in [0, 0.1) is 0 Å². The van der Waals surface area contributed by atoms with Gasteiger partial charge in [-0.25, -0.2) is 0 Å². The lowest BCUT2D eigenvalue weighted by molar-refractivity contribution is -0.142. The van der Waals surface area contributed by atoms with E-state index in [-0.39, 0.29) is 23.9 Å². The molecule has 0 aliphatic carbocycles. The van der Waals surface area contributed by atoms with E-state index in [0.29, 0.717) is 26.1 Å². The number of hydrogen-bond donors (Lipinski definition) is 2. The van der Waals surface area contributed by atoms with E-state index >= 15 is 0 Å². The molecule has 2 N–H and O–H groups in total. The van der Waals surface area contributed by atoms with Gasteiger partial charge in [-0.1, -0.05) is 0 Å². The number of carbonyl (C=O) groups is 2. The summed E-state index contributed by atoms with van der Waals surface area (Å²) in [6.07, 6.45) is 1.18. The quantitative estimate of drug-likeness (QED) is 0.717. The summed E-state index contributed by atoms with van der Waals surface area (Å²) in [6.45, 7) is 8.42. The molecule has 7 nitrogen and oxygen atoms in total. The fourth-order valence-electron chi connectivity index (χ4n) is 3.11. The summed E-state index contributed by atoms with van der Waals surface area (Å²) in [6, 6.07) is 0. The molecule has 2 heterocycles. The summed E-state index contributed by atoms with van der Waals surface area (Å²) in [5, 5.41) is 12.6. The van der Waals surface area contributed by atoms with Crippen LogP contribution in [-0.2, 0) is 14.3 Å². The summed E-state index contributed by atoms with van der Waals surface area (Å²) in [4.78, 5) is 27.8. The number of carbonyl (C=O) groups excluding carboxylic acids is 2. The predicted molar refractivity (Wildman–Crippen MR) is 85.9 cm³/mol. The van der Waals surface area contributed by atoms with Crippen molar-refractivity contribution in [2.75, 3.05) is 45.9 Å². The molecule has 2 amide bonds. The Morgan fingerprint density at radius 2 is 2.17 bits per heavy atom. The highest BCUT2D eigenvalue weighted by Crippen LogP contribution is 2.17. The van der Waals surface area contributed by atoms with Crippen LogP contribution in [0.2, 0.25) is 0 Å². The van der Waals surface area contributed by atoms with Gasteiger partial charge in [-0.05, 0) is 33.1 Å². The lowest BCUT2D eigenvalue weighted by Crippen LogP contribution is -2.55. The van der Waals surface area contributed by atoms with Gasteiger partial charge in [-0.15, -0.1) is 0 Å². The van der Waals surface area contributed by atoms with Gasteiger partial charge in [0.05, 0.1) is 19.8 Å². The van der Waals surface area contributed by atoms with Crippen LogP contribution in [-0.4, -0.2) is 84.3 Å². The fraction of sp³-hybridized carbons (Fsp3) is 0.875. The Labute approximate surface area is 138 Å². The van der Waals surface area contributed by atoms with Crippen molar-refractivity contribution >= 4 is 11.8 Å². The van der Waals surface area contributed by atoms with E-state index in [9.17, 15) is 14.7 Å². The van der Waals surface area contributed by atoms with Crippen LogP contribution in [0.4, 0.5) is 0 Å². The van der Waals surface area contributed by atoms with Crippen molar-refractivity contribution in [2.45, 2.75) is 44.8 Å². The van der Waals surface area contributed by atoms with Crippen molar-refractivity contribution in [1.29, 1.82) is 0 Å². The molecule has 2 saturated heterocycles. The van der Waals surface area contributed by atoms with E-state index < -0.39 is 6.10 Å². The lowest BCUT2D eigenvalue weighted by atomic mass is 10.0.